The summed E-state index contributed by atoms with van der Waals surface area (Å²) < 4.78 is 9.46. The average Bonchev–Trinajstić information content (AvgIpc) is 2.43. The van der Waals surface area contributed by atoms with Gasteiger partial charge in [0.2, 0.25) is 0 Å². The molecule has 8 heteroatoms. The predicted octanol–water partition coefficient (Wildman–Crippen LogP) is 1.61. The van der Waals surface area contributed by atoms with Crippen LogP contribution in [0, 0.1) is 5.41 Å². The van der Waals surface area contributed by atoms with Crippen molar-refractivity contribution in [3.8, 4) is 0 Å². The van der Waals surface area contributed by atoms with Crippen molar-refractivity contribution in [1.82, 2.24) is 0 Å². The summed E-state index contributed by atoms with van der Waals surface area (Å²) in [5.41, 5.74) is -1.87. The fourth-order valence-corrected chi connectivity index (χ4v) is 2.13. The summed E-state index contributed by atoms with van der Waals surface area (Å²) in [6, 6.07) is 0. The Bertz CT molecular complexity index is 389. The molecule has 0 rings (SSSR count). The highest BCUT2D eigenvalue weighted by atomic mass is 16.5. The van der Waals surface area contributed by atoms with E-state index in [1.165, 1.54) is 13.8 Å². The molecular formula is C15H24O8. The van der Waals surface area contributed by atoms with Crippen LogP contribution >= 0.6 is 0 Å². The molecule has 0 fully saturated rings. The van der Waals surface area contributed by atoms with Gasteiger partial charge in [-0.15, -0.1) is 0 Å². The molecule has 0 saturated carbocycles. The zero-order valence-corrected chi connectivity index (χ0v) is 13.5. The summed E-state index contributed by atoms with van der Waals surface area (Å²) in [7, 11) is 0. The van der Waals surface area contributed by atoms with Crippen molar-refractivity contribution in [2.24, 2.45) is 5.41 Å². The molecule has 23 heavy (non-hydrogen) atoms. The van der Waals surface area contributed by atoms with Crippen LogP contribution in [0.15, 0.2) is 0 Å². The van der Waals surface area contributed by atoms with Crippen LogP contribution < -0.4 is 0 Å². The summed E-state index contributed by atoms with van der Waals surface area (Å²) >= 11 is 0. The maximum absolute atomic E-state index is 11.5. The average molecular weight is 332 g/mol. The van der Waals surface area contributed by atoms with E-state index in [0.717, 1.165) is 0 Å². The number of carbonyl (C=O) groups is 4. The fourth-order valence-electron chi connectivity index (χ4n) is 2.13. The number of hydrogen-bond donors (Lipinski definition) is 2. The molecule has 0 aromatic heterocycles. The Morgan fingerprint density at radius 1 is 0.739 bits per heavy atom. The molecule has 0 aromatic carbocycles. The minimum absolute atomic E-state index is 0.0491. The lowest BCUT2D eigenvalue weighted by Gasteiger charge is -2.24. The Hall–Kier alpha value is -2.12. The molecule has 0 aliphatic heterocycles. The molecule has 0 unspecified atom stereocenters. The van der Waals surface area contributed by atoms with Gasteiger partial charge in [0.25, 0.3) is 0 Å². The van der Waals surface area contributed by atoms with Crippen LogP contribution in [0.2, 0.25) is 0 Å². The van der Waals surface area contributed by atoms with E-state index in [4.69, 9.17) is 9.47 Å². The Morgan fingerprint density at radius 2 is 1.09 bits per heavy atom. The molecule has 0 radical (unpaired) electrons. The van der Waals surface area contributed by atoms with Gasteiger partial charge in [0.1, 0.15) is 0 Å². The number of carbonyl (C=O) groups excluding carboxylic acids is 2. The molecule has 132 valence electrons. The Labute approximate surface area is 134 Å². The van der Waals surface area contributed by atoms with Crippen LogP contribution in [0.25, 0.3) is 0 Å². The molecule has 0 saturated heterocycles. The molecule has 2 N–H and O–H groups in total. The largest absolute Gasteiger partial charge is 0.480 e. The van der Waals surface area contributed by atoms with E-state index in [0.29, 0.717) is 25.7 Å². The summed E-state index contributed by atoms with van der Waals surface area (Å²) in [4.78, 5) is 44.2. The van der Waals surface area contributed by atoms with Crippen LogP contribution in [0.4, 0.5) is 0 Å². The molecule has 0 aromatic rings. The first-order valence-electron chi connectivity index (χ1n) is 7.46. The van der Waals surface area contributed by atoms with E-state index in [-0.39, 0.29) is 26.1 Å². The molecule has 0 bridgehead atoms. The maximum atomic E-state index is 11.5. The van der Waals surface area contributed by atoms with Gasteiger partial charge >= 0.3 is 23.9 Å². The number of carboxylic acid groups (broad SMARTS) is 2. The SMILES string of the molecule is CC(=O)OCCCCC(CCCCOC(C)=O)(C(=O)O)C(=O)O. The molecule has 0 spiro atoms. The minimum atomic E-state index is -1.87. The van der Waals surface area contributed by atoms with E-state index in [1.54, 1.807) is 0 Å². The van der Waals surface area contributed by atoms with Crippen molar-refractivity contribution in [2.45, 2.75) is 52.4 Å². The van der Waals surface area contributed by atoms with Crippen molar-refractivity contribution in [3.05, 3.63) is 0 Å². The first-order chi connectivity index (χ1) is 10.7. The summed E-state index contributed by atoms with van der Waals surface area (Å²) in [5, 5.41) is 18.7. The number of rotatable bonds is 12. The van der Waals surface area contributed by atoms with Crippen LogP contribution in [-0.4, -0.2) is 47.3 Å². The van der Waals surface area contributed by atoms with Gasteiger partial charge < -0.3 is 19.7 Å². The molecule has 8 nitrogen and oxygen atoms in total. The van der Waals surface area contributed by atoms with Gasteiger partial charge in [-0.1, -0.05) is 0 Å². The lowest BCUT2D eigenvalue weighted by Crippen LogP contribution is -2.39. The molecule has 0 heterocycles. The highest BCUT2D eigenvalue weighted by Gasteiger charge is 2.45. The maximum Gasteiger partial charge on any atom is 0.321 e. The van der Waals surface area contributed by atoms with Gasteiger partial charge in [-0.2, -0.15) is 0 Å². The highest BCUT2D eigenvalue weighted by Crippen LogP contribution is 2.32. The molecule has 0 amide bonds. The first-order valence-corrected chi connectivity index (χ1v) is 7.46. The lowest BCUT2D eigenvalue weighted by molar-refractivity contribution is -0.166. The van der Waals surface area contributed by atoms with Crippen LogP contribution in [-0.2, 0) is 28.7 Å². The lowest BCUT2D eigenvalue weighted by atomic mass is 9.78. The molecule has 0 atom stereocenters. The predicted molar refractivity (Wildman–Crippen MR) is 78.7 cm³/mol. The minimum Gasteiger partial charge on any atom is -0.480 e. The van der Waals surface area contributed by atoms with Crippen molar-refractivity contribution >= 4 is 23.9 Å². The van der Waals surface area contributed by atoms with E-state index in [9.17, 15) is 29.4 Å². The summed E-state index contributed by atoms with van der Waals surface area (Å²) in [6.07, 6.45) is 1.33. The second kappa shape index (κ2) is 10.6. The van der Waals surface area contributed by atoms with Crippen molar-refractivity contribution < 1.29 is 38.9 Å². The quantitative estimate of drug-likeness (QED) is 0.313. The van der Waals surface area contributed by atoms with Crippen LogP contribution in [0.3, 0.4) is 0 Å². The zero-order valence-electron chi connectivity index (χ0n) is 13.5. The van der Waals surface area contributed by atoms with Crippen LogP contribution in [0.5, 0.6) is 0 Å². The number of unbranched alkanes of at least 4 members (excludes halogenated alkanes) is 2. The summed E-state index contributed by atoms with van der Waals surface area (Å²) in [6.45, 7) is 2.80. The van der Waals surface area contributed by atoms with Gasteiger partial charge in [0.15, 0.2) is 5.41 Å². The molecular weight excluding hydrogens is 308 g/mol. The summed E-state index contributed by atoms with van der Waals surface area (Å²) in [5.74, 6) is -3.63. The van der Waals surface area contributed by atoms with Gasteiger partial charge in [0, 0.05) is 13.8 Å². The molecule has 0 aliphatic carbocycles. The number of aliphatic carboxylic acids is 2. The fraction of sp³-hybridized carbons (Fsp3) is 0.733. The van der Waals surface area contributed by atoms with Crippen LogP contribution in [0.1, 0.15) is 52.4 Å². The van der Waals surface area contributed by atoms with Gasteiger partial charge in [-0.05, 0) is 38.5 Å². The first kappa shape index (κ1) is 20.9. The standard InChI is InChI=1S/C15H24O8/c1-11(16)22-9-5-3-7-15(13(18)19,14(20)21)8-4-6-10-23-12(2)17/h3-10H2,1-2H3,(H,18,19)(H,20,21). The molecule has 0 aliphatic rings. The zero-order chi connectivity index (χ0) is 17.9. The van der Waals surface area contributed by atoms with Crippen molar-refractivity contribution in [3.63, 3.8) is 0 Å². The van der Waals surface area contributed by atoms with Gasteiger partial charge in [0.05, 0.1) is 13.2 Å². The van der Waals surface area contributed by atoms with E-state index < -0.39 is 29.3 Å². The third kappa shape index (κ3) is 8.18. The second-order valence-corrected chi connectivity index (χ2v) is 5.29. The number of hydrogen-bond acceptors (Lipinski definition) is 6. The normalized spacial score (nSPS) is 10.9. The second-order valence-electron chi connectivity index (χ2n) is 5.29. The van der Waals surface area contributed by atoms with E-state index >= 15 is 0 Å². The van der Waals surface area contributed by atoms with Crippen molar-refractivity contribution in [2.75, 3.05) is 13.2 Å². The number of ether oxygens (including phenoxy) is 2. The van der Waals surface area contributed by atoms with Gasteiger partial charge in [-0.25, -0.2) is 0 Å². The third-order valence-electron chi connectivity index (χ3n) is 3.43. The number of carboxylic acids is 2. The smallest absolute Gasteiger partial charge is 0.321 e. The Kier molecular flexibility index (Phi) is 9.60. The Morgan fingerprint density at radius 3 is 1.35 bits per heavy atom. The van der Waals surface area contributed by atoms with E-state index in [1.807, 2.05) is 0 Å². The van der Waals surface area contributed by atoms with Crippen molar-refractivity contribution in [1.29, 1.82) is 0 Å². The monoisotopic (exact) mass is 332 g/mol. The highest BCUT2D eigenvalue weighted by molar-refractivity contribution is 5.98. The Balaban J connectivity index is 4.46. The van der Waals surface area contributed by atoms with Gasteiger partial charge in [-0.3, -0.25) is 19.2 Å². The third-order valence-corrected chi connectivity index (χ3v) is 3.43. The number of esters is 2. The topological polar surface area (TPSA) is 127 Å². The van der Waals surface area contributed by atoms with E-state index in [2.05, 4.69) is 0 Å².